The van der Waals surface area contributed by atoms with Crippen LogP contribution in [0.5, 0.6) is 11.5 Å². The van der Waals surface area contributed by atoms with Crippen molar-refractivity contribution in [2.75, 3.05) is 0 Å². The van der Waals surface area contributed by atoms with Crippen LogP contribution < -0.4 is 9.47 Å². The van der Waals surface area contributed by atoms with E-state index in [-0.39, 0.29) is 0 Å². The molecule has 0 heterocycles. The molecular weight excluding hydrogens is 355 g/mol. The summed E-state index contributed by atoms with van der Waals surface area (Å²) >= 11 is 2.91. The van der Waals surface area contributed by atoms with Crippen LogP contribution in [0.1, 0.15) is 17.3 Å². The molecule has 1 aromatic rings. The molecule has 20 heavy (non-hydrogen) atoms. The number of halogens is 6. The number of ether oxygens (including phenoxy) is 2. The van der Waals surface area contributed by atoms with E-state index in [1.54, 1.807) is 0 Å². The molecule has 0 bridgehead atoms. The first kappa shape index (κ1) is 16.7. The Morgan fingerprint density at radius 1 is 1.30 bits per heavy atom. The number of hydrogen-bond acceptors (Lipinski definition) is 3. The van der Waals surface area contributed by atoms with Crippen LogP contribution in [-0.2, 0) is 0 Å². The standard InChI is InChI=1S/C11H8BrF5O3/c1-5(12)9(18)7-3-2-6(19-10(13)14)4-8(7)20-11(15,16)17/h2-5,10H,1H3. The van der Waals surface area contributed by atoms with E-state index < -0.39 is 40.6 Å². The Kier molecular flexibility index (Phi) is 5.32. The molecule has 1 rings (SSSR count). The molecule has 0 aliphatic rings. The van der Waals surface area contributed by atoms with Crippen LogP contribution in [-0.4, -0.2) is 23.6 Å². The van der Waals surface area contributed by atoms with Gasteiger partial charge in [0.05, 0.1) is 10.4 Å². The van der Waals surface area contributed by atoms with Crippen LogP contribution in [0.15, 0.2) is 18.2 Å². The predicted molar refractivity (Wildman–Crippen MR) is 62.5 cm³/mol. The number of Topliss-reactive ketones (excluding diaryl/α,β-unsaturated/α-hetero) is 1. The summed E-state index contributed by atoms with van der Waals surface area (Å²) in [6.45, 7) is -1.80. The topological polar surface area (TPSA) is 35.5 Å². The van der Waals surface area contributed by atoms with E-state index >= 15 is 0 Å². The van der Waals surface area contributed by atoms with Crippen molar-refractivity contribution in [1.29, 1.82) is 0 Å². The zero-order chi connectivity index (χ0) is 15.5. The van der Waals surface area contributed by atoms with Crippen LogP contribution in [0.4, 0.5) is 22.0 Å². The van der Waals surface area contributed by atoms with E-state index in [0.717, 1.165) is 12.1 Å². The molecule has 0 radical (unpaired) electrons. The highest BCUT2D eigenvalue weighted by atomic mass is 79.9. The fraction of sp³-hybridized carbons (Fsp3) is 0.364. The monoisotopic (exact) mass is 362 g/mol. The first-order chi connectivity index (χ1) is 9.10. The molecule has 1 atom stereocenters. The van der Waals surface area contributed by atoms with Crippen molar-refractivity contribution in [3.8, 4) is 11.5 Å². The van der Waals surface area contributed by atoms with Gasteiger partial charge in [-0.15, -0.1) is 13.2 Å². The molecule has 1 aromatic carbocycles. The highest BCUT2D eigenvalue weighted by Crippen LogP contribution is 2.32. The molecule has 0 N–H and O–H groups in total. The van der Waals surface area contributed by atoms with Gasteiger partial charge in [-0.25, -0.2) is 0 Å². The number of hydrogen-bond donors (Lipinski definition) is 0. The fourth-order valence-corrected chi connectivity index (χ4v) is 1.55. The molecular formula is C11H8BrF5O3. The molecule has 0 saturated carbocycles. The van der Waals surface area contributed by atoms with Crippen molar-refractivity contribution in [3.63, 3.8) is 0 Å². The number of benzene rings is 1. The van der Waals surface area contributed by atoms with Crippen LogP contribution in [0.25, 0.3) is 0 Å². The van der Waals surface area contributed by atoms with Gasteiger partial charge in [0.2, 0.25) is 0 Å². The van der Waals surface area contributed by atoms with E-state index in [9.17, 15) is 26.7 Å². The van der Waals surface area contributed by atoms with Crippen LogP contribution in [0.3, 0.4) is 0 Å². The molecule has 9 heteroatoms. The third kappa shape index (κ3) is 4.95. The van der Waals surface area contributed by atoms with E-state index in [0.29, 0.717) is 6.07 Å². The normalized spacial score (nSPS) is 13.2. The smallest absolute Gasteiger partial charge is 0.435 e. The maximum absolute atomic E-state index is 12.2. The average Bonchev–Trinajstić information content (AvgIpc) is 2.25. The second kappa shape index (κ2) is 6.38. The highest BCUT2D eigenvalue weighted by molar-refractivity contribution is 9.10. The van der Waals surface area contributed by atoms with Gasteiger partial charge in [0.15, 0.2) is 5.78 Å². The second-order valence-electron chi connectivity index (χ2n) is 3.56. The van der Waals surface area contributed by atoms with Gasteiger partial charge in [0, 0.05) is 6.07 Å². The van der Waals surface area contributed by atoms with E-state index in [4.69, 9.17) is 0 Å². The maximum Gasteiger partial charge on any atom is 0.573 e. The molecule has 3 nitrogen and oxygen atoms in total. The Hall–Kier alpha value is -1.38. The zero-order valence-electron chi connectivity index (χ0n) is 9.88. The lowest BCUT2D eigenvalue weighted by Gasteiger charge is -2.15. The number of ketones is 1. The summed E-state index contributed by atoms with van der Waals surface area (Å²) in [5.74, 6) is -2.13. The number of alkyl halides is 6. The summed E-state index contributed by atoms with van der Waals surface area (Å²) < 4.78 is 68.4. The average molecular weight is 363 g/mol. The lowest BCUT2D eigenvalue weighted by molar-refractivity contribution is -0.274. The fourth-order valence-electron chi connectivity index (χ4n) is 1.31. The van der Waals surface area contributed by atoms with Gasteiger partial charge < -0.3 is 9.47 Å². The zero-order valence-corrected chi connectivity index (χ0v) is 11.5. The molecule has 0 saturated heterocycles. The molecule has 0 fully saturated rings. The van der Waals surface area contributed by atoms with Crippen molar-refractivity contribution in [2.45, 2.75) is 24.7 Å². The van der Waals surface area contributed by atoms with Gasteiger partial charge >= 0.3 is 13.0 Å². The Balaban J connectivity index is 3.19. The second-order valence-corrected chi connectivity index (χ2v) is 4.94. The largest absolute Gasteiger partial charge is 0.573 e. The SMILES string of the molecule is CC(Br)C(=O)c1ccc(OC(F)F)cc1OC(F)(F)F. The number of carbonyl (C=O) groups is 1. The summed E-state index contributed by atoms with van der Waals surface area (Å²) in [4.78, 5) is 10.9. The van der Waals surface area contributed by atoms with E-state index in [1.807, 2.05) is 0 Å². The van der Waals surface area contributed by atoms with Crippen molar-refractivity contribution in [3.05, 3.63) is 23.8 Å². The molecule has 0 amide bonds. The number of rotatable bonds is 5. The lowest BCUT2D eigenvalue weighted by atomic mass is 10.1. The van der Waals surface area contributed by atoms with Gasteiger partial charge in [-0.3, -0.25) is 4.79 Å². The predicted octanol–water partition coefficient (Wildman–Crippen LogP) is 4.15. The minimum Gasteiger partial charge on any atom is -0.435 e. The van der Waals surface area contributed by atoms with Crippen LogP contribution in [0, 0.1) is 0 Å². The Morgan fingerprint density at radius 2 is 1.90 bits per heavy atom. The molecule has 1 unspecified atom stereocenters. The van der Waals surface area contributed by atoms with Crippen molar-refractivity contribution in [2.24, 2.45) is 0 Å². The first-order valence-corrected chi connectivity index (χ1v) is 6.04. The molecule has 0 aliphatic carbocycles. The van der Waals surface area contributed by atoms with Crippen molar-refractivity contribution < 1.29 is 36.2 Å². The van der Waals surface area contributed by atoms with Gasteiger partial charge in [-0.05, 0) is 19.1 Å². The minimum absolute atomic E-state index is 0.395. The van der Waals surface area contributed by atoms with Gasteiger partial charge in [0.25, 0.3) is 0 Å². The van der Waals surface area contributed by atoms with Crippen LogP contribution >= 0.6 is 15.9 Å². The Labute approximate surface area is 118 Å². The van der Waals surface area contributed by atoms with Crippen molar-refractivity contribution >= 4 is 21.7 Å². The van der Waals surface area contributed by atoms with Gasteiger partial charge in [0.1, 0.15) is 11.5 Å². The maximum atomic E-state index is 12.2. The van der Waals surface area contributed by atoms with Crippen LogP contribution in [0.2, 0.25) is 0 Å². The first-order valence-electron chi connectivity index (χ1n) is 5.13. The Bertz CT molecular complexity index is 487. The van der Waals surface area contributed by atoms with E-state index in [2.05, 4.69) is 25.4 Å². The Morgan fingerprint density at radius 3 is 2.35 bits per heavy atom. The highest BCUT2D eigenvalue weighted by Gasteiger charge is 2.33. The summed E-state index contributed by atoms with van der Waals surface area (Å²) in [6, 6.07) is 2.47. The van der Waals surface area contributed by atoms with Gasteiger partial charge in [-0.1, -0.05) is 15.9 Å². The molecule has 112 valence electrons. The van der Waals surface area contributed by atoms with Crippen molar-refractivity contribution in [1.82, 2.24) is 0 Å². The summed E-state index contributed by atoms with van der Waals surface area (Å²) in [5, 5.41) is 0. The summed E-state index contributed by atoms with van der Waals surface area (Å²) in [7, 11) is 0. The lowest BCUT2D eigenvalue weighted by Crippen LogP contribution is -2.20. The quantitative estimate of drug-likeness (QED) is 0.448. The molecule has 0 aromatic heterocycles. The van der Waals surface area contributed by atoms with Gasteiger partial charge in [-0.2, -0.15) is 8.78 Å². The summed E-state index contributed by atoms with van der Waals surface area (Å²) in [6.07, 6.45) is -5.06. The molecule has 0 spiro atoms. The number of carbonyl (C=O) groups excluding carboxylic acids is 1. The third-order valence-corrected chi connectivity index (χ3v) is 2.45. The molecule has 0 aliphatic heterocycles. The summed E-state index contributed by atoms with van der Waals surface area (Å²) in [5.41, 5.74) is -0.395. The third-order valence-electron chi connectivity index (χ3n) is 2.03. The minimum atomic E-state index is -5.06. The van der Waals surface area contributed by atoms with E-state index in [1.165, 1.54) is 6.92 Å².